The fraction of sp³-hybridized carbons (Fsp3) is 0.370. The van der Waals surface area contributed by atoms with Crippen molar-refractivity contribution in [1.82, 2.24) is 5.01 Å². The minimum atomic E-state index is -1.02. The zero-order chi connectivity index (χ0) is 24.0. The summed E-state index contributed by atoms with van der Waals surface area (Å²) in [5.41, 5.74) is 3.18. The molecule has 2 aromatic rings. The summed E-state index contributed by atoms with van der Waals surface area (Å²) in [4.78, 5) is 24.6. The van der Waals surface area contributed by atoms with E-state index in [9.17, 15) is 9.59 Å². The van der Waals surface area contributed by atoms with Gasteiger partial charge in [0, 0.05) is 35.6 Å². The van der Waals surface area contributed by atoms with Crippen molar-refractivity contribution >= 4 is 17.6 Å². The molecule has 0 radical (unpaired) electrons. The largest absolute Gasteiger partial charge is 0.493 e. The number of carbonyl (C=O) groups excluding carboxylic acids is 1. The van der Waals surface area contributed by atoms with Gasteiger partial charge >= 0.3 is 5.97 Å². The first-order chi connectivity index (χ1) is 16.3. The molecule has 7 heteroatoms. The minimum absolute atomic E-state index is 0.147. The lowest BCUT2D eigenvalue weighted by Crippen LogP contribution is -2.43. The maximum atomic E-state index is 13.4. The molecule has 0 unspecified atom stereocenters. The number of aromatic carboxylic acids is 1. The molecule has 1 amide bonds. The van der Waals surface area contributed by atoms with E-state index in [1.807, 2.05) is 12.1 Å². The number of methoxy groups -OCH3 is 1. The van der Waals surface area contributed by atoms with E-state index in [0.29, 0.717) is 17.9 Å². The standard InChI is InChI=1S/C27H28N2O5/c1-27(2)14-21-20(12-13-22(33-3)24(21)34-27)23-19-7-5-4-6-18(19)15-29(28-23)25(30)16-8-10-17(11-9-16)26(31)32/h4-5,8-13,18-19H,6-7,14-15H2,1-3H3,(H,31,32)/t18-,19-/m0/s1. The second-order valence-corrected chi connectivity index (χ2v) is 9.73. The van der Waals surface area contributed by atoms with Crippen LogP contribution in [0.4, 0.5) is 0 Å². The van der Waals surface area contributed by atoms with Gasteiger partial charge in [-0.2, -0.15) is 5.10 Å². The van der Waals surface area contributed by atoms with Crippen molar-refractivity contribution < 1.29 is 24.2 Å². The van der Waals surface area contributed by atoms with Gasteiger partial charge in [0.25, 0.3) is 5.91 Å². The summed E-state index contributed by atoms with van der Waals surface area (Å²) < 4.78 is 11.8. The number of amides is 1. The molecular formula is C27H28N2O5. The second kappa shape index (κ2) is 8.31. The van der Waals surface area contributed by atoms with E-state index in [1.54, 1.807) is 24.3 Å². The molecule has 0 saturated heterocycles. The lowest BCUT2D eigenvalue weighted by molar-refractivity contribution is 0.0684. The topological polar surface area (TPSA) is 88.4 Å². The Kier molecular flexibility index (Phi) is 5.42. The fourth-order valence-corrected chi connectivity index (χ4v) is 5.19. The molecule has 1 N–H and O–H groups in total. The third-order valence-electron chi connectivity index (χ3n) is 6.87. The number of nitrogens with zero attached hydrogens (tertiary/aromatic N) is 2. The minimum Gasteiger partial charge on any atom is -0.493 e. The van der Waals surface area contributed by atoms with Crippen LogP contribution in [0.3, 0.4) is 0 Å². The number of hydrogen-bond donors (Lipinski definition) is 1. The van der Waals surface area contributed by atoms with Crippen LogP contribution in [0.25, 0.3) is 0 Å². The van der Waals surface area contributed by atoms with Crippen LogP contribution in [-0.2, 0) is 6.42 Å². The molecule has 5 rings (SSSR count). The highest BCUT2D eigenvalue weighted by Crippen LogP contribution is 2.46. The number of benzene rings is 2. The number of hydrazone groups is 1. The zero-order valence-electron chi connectivity index (χ0n) is 19.6. The van der Waals surface area contributed by atoms with Crippen molar-refractivity contribution in [2.24, 2.45) is 16.9 Å². The molecule has 0 bridgehead atoms. The van der Waals surface area contributed by atoms with Crippen LogP contribution in [0.1, 0.15) is 58.5 Å². The van der Waals surface area contributed by atoms with E-state index >= 15 is 0 Å². The van der Waals surface area contributed by atoms with E-state index in [1.165, 1.54) is 12.1 Å². The van der Waals surface area contributed by atoms with E-state index in [2.05, 4.69) is 26.0 Å². The first kappa shape index (κ1) is 22.2. The van der Waals surface area contributed by atoms with Crippen LogP contribution in [0.15, 0.2) is 53.7 Å². The number of carboxylic acids is 1. The number of carbonyl (C=O) groups is 2. The molecule has 2 aromatic carbocycles. The Morgan fingerprint density at radius 1 is 1.09 bits per heavy atom. The van der Waals surface area contributed by atoms with Crippen molar-refractivity contribution in [1.29, 1.82) is 0 Å². The molecule has 3 aliphatic rings. The van der Waals surface area contributed by atoms with Crippen LogP contribution in [0.5, 0.6) is 11.5 Å². The van der Waals surface area contributed by atoms with Crippen LogP contribution in [0, 0.1) is 11.8 Å². The summed E-state index contributed by atoms with van der Waals surface area (Å²) in [5, 5.41) is 15.6. The van der Waals surface area contributed by atoms with Gasteiger partial charge in [0.15, 0.2) is 11.5 Å². The summed E-state index contributed by atoms with van der Waals surface area (Å²) in [7, 11) is 1.64. The fourth-order valence-electron chi connectivity index (χ4n) is 5.19. The molecule has 2 aliphatic heterocycles. The first-order valence-corrected chi connectivity index (χ1v) is 11.6. The van der Waals surface area contributed by atoms with Gasteiger partial charge in [-0.25, -0.2) is 9.80 Å². The Balaban J connectivity index is 1.57. The van der Waals surface area contributed by atoms with Crippen molar-refractivity contribution in [3.8, 4) is 11.5 Å². The molecule has 7 nitrogen and oxygen atoms in total. The normalized spacial score (nSPS) is 22.3. The molecule has 0 spiro atoms. The monoisotopic (exact) mass is 460 g/mol. The average molecular weight is 461 g/mol. The molecule has 0 aromatic heterocycles. The van der Waals surface area contributed by atoms with Gasteiger partial charge in [0.2, 0.25) is 0 Å². The maximum Gasteiger partial charge on any atom is 0.335 e. The van der Waals surface area contributed by atoms with Crippen LogP contribution in [0.2, 0.25) is 0 Å². The lowest BCUT2D eigenvalue weighted by atomic mass is 9.75. The number of carboxylic acid groups (broad SMARTS) is 1. The second-order valence-electron chi connectivity index (χ2n) is 9.73. The smallest absolute Gasteiger partial charge is 0.335 e. The number of rotatable bonds is 4. The highest BCUT2D eigenvalue weighted by atomic mass is 16.5. The number of allylic oxidation sites excluding steroid dienone is 2. The number of ether oxygens (including phenoxy) is 2. The third-order valence-corrected chi connectivity index (χ3v) is 6.87. The Morgan fingerprint density at radius 3 is 2.50 bits per heavy atom. The Hall–Kier alpha value is -3.61. The van der Waals surface area contributed by atoms with Crippen LogP contribution in [-0.4, -0.2) is 47.0 Å². The van der Waals surface area contributed by atoms with Crippen LogP contribution >= 0.6 is 0 Å². The summed E-state index contributed by atoms with van der Waals surface area (Å²) in [6.07, 6.45) is 6.86. The number of hydrogen-bond acceptors (Lipinski definition) is 5. The first-order valence-electron chi connectivity index (χ1n) is 11.6. The van der Waals surface area contributed by atoms with Gasteiger partial charge < -0.3 is 14.6 Å². The van der Waals surface area contributed by atoms with E-state index in [4.69, 9.17) is 19.7 Å². The summed E-state index contributed by atoms with van der Waals surface area (Å²) in [6.45, 7) is 4.64. The highest BCUT2D eigenvalue weighted by Gasteiger charge is 2.40. The predicted molar refractivity (Wildman–Crippen MR) is 128 cm³/mol. The average Bonchev–Trinajstić information content (AvgIpc) is 3.17. The van der Waals surface area contributed by atoms with Gasteiger partial charge in [-0.05, 0) is 69.0 Å². The van der Waals surface area contributed by atoms with E-state index in [-0.39, 0.29) is 28.9 Å². The quantitative estimate of drug-likeness (QED) is 0.677. The molecule has 1 aliphatic carbocycles. The number of fused-ring (bicyclic) bond motifs is 2. The molecule has 2 heterocycles. The summed E-state index contributed by atoms with van der Waals surface area (Å²) in [5.74, 6) is 0.671. The van der Waals surface area contributed by atoms with E-state index < -0.39 is 5.97 Å². The molecule has 2 atom stereocenters. The predicted octanol–water partition coefficient (Wildman–Crippen LogP) is 4.55. The van der Waals surface area contributed by atoms with Gasteiger partial charge in [0.05, 0.1) is 18.4 Å². The zero-order valence-corrected chi connectivity index (χ0v) is 19.6. The maximum absolute atomic E-state index is 13.4. The molecule has 34 heavy (non-hydrogen) atoms. The van der Waals surface area contributed by atoms with E-state index in [0.717, 1.165) is 41.9 Å². The summed E-state index contributed by atoms with van der Waals surface area (Å²) >= 11 is 0. The lowest BCUT2D eigenvalue weighted by Gasteiger charge is -2.38. The van der Waals surface area contributed by atoms with Gasteiger partial charge in [-0.1, -0.05) is 12.2 Å². The van der Waals surface area contributed by atoms with Crippen molar-refractivity contribution in [3.05, 3.63) is 70.8 Å². The highest BCUT2D eigenvalue weighted by molar-refractivity contribution is 6.06. The molecule has 0 fully saturated rings. The Bertz CT molecular complexity index is 1210. The van der Waals surface area contributed by atoms with Crippen LogP contribution < -0.4 is 9.47 Å². The van der Waals surface area contributed by atoms with Crippen molar-refractivity contribution in [2.45, 2.75) is 38.7 Å². The summed E-state index contributed by atoms with van der Waals surface area (Å²) in [6, 6.07) is 9.95. The molecule has 176 valence electrons. The molecule has 0 saturated carbocycles. The van der Waals surface area contributed by atoms with Crippen molar-refractivity contribution in [2.75, 3.05) is 13.7 Å². The Morgan fingerprint density at radius 2 is 1.79 bits per heavy atom. The van der Waals surface area contributed by atoms with Gasteiger partial charge in [0.1, 0.15) is 5.60 Å². The van der Waals surface area contributed by atoms with Gasteiger partial charge in [-0.15, -0.1) is 0 Å². The Labute approximate surface area is 198 Å². The van der Waals surface area contributed by atoms with Gasteiger partial charge in [-0.3, -0.25) is 4.79 Å². The van der Waals surface area contributed by atoms with Crippen molar-refractivity contribution in [3.63, 3.8) is 0 Å². The SMILES string of the molecule is COc1ccc(C2=NN(C(=O)c3ccc(C(=O)O)cc3)C[C@@H]3CC=CC[C@H]23)c2c1OC(C)(C)C2. The molecular weight excluding hydrogens is 432 g/mol. The third kappa shape index (κ3) is 3.85.